The second-order valence-corrected chi connectivity index (χ2v) is 6.22. The summed E-state index contributed by atoms with van der Waals surface area (Å²) in [7, 11) is 0. The minimum atomic E-state index is 0.197. The summed E-state index contributed by atoms with van der Waals surface area (Å²) in [5.74, 6) is 0. The minimum absolute atomic E-state index is 0.197. The maximum absolute atomic E-state index is 3.65. The Morgan fingerprint density at radius 3 is 2.37 bits per heavy atom. The van der Waals surface area contributed by atoms with E-state index in [-0.39, 0.29) is 5.54 Å². The summed E-state index contributed by atoms with van der Waals surface area (Å²) in [6.07, 6.45) is 3.46. The van der Waals surface area contributed by atoms with Crippen LogP contribution in [0.15, 0.2) is 18.2 Å². The highest BCUT2D eigenvalue weighted by Crippen LogP contribution is 2.29. The molecule has 2 heteroatoms. The highest BCUT2D eigenvalue weighted by Gasteiger charge is 2.26. The van der Waals surface area contributed by atoms with Gasteiger partial charge in [-0.2, -0.15) is 0 Å². The average molecular weight is 260 g/mol. The number of nitrogens with one attached hydrogen (secondary N) is 1. The first-order valence-corrected chi connectivity index (χ1v) is 7.68. The van der Waals surface area contributed by atoms with Crippen molar-refractivity contribution in [1.82, 2.24) is 5.32 Å². The summed E-state index contributed by atoms with van der Waals surface area (Å²) < 4.78 is 0. The standard InChI is InChI=1S/C17H28N2/c1-5-14-9-7-10-15(6-2)16(14)19-12-8-11-18-17(3,4)13-19/h7,9-10,18H,5-6,8,11-13H2,1-4H3. The number of hydrogen-bond donors (Lipinski definition) is 1. The summed E-state index contributed by atoms with van der Waals surface area (Å²) in [5, 5.41) is 3.65. The molecule has 1 aliphatic heterocycles. The SMILES string of the molecule is CCc1cccc(CC)c1N1CCCNC(C)(C)C1. The minimum Gasteiger partial charge on any atom is -0.369 e. The van der Waals surface area contributed by atoms with Crippen LogP contribution in [0.1, 0.15) is 45.2 Å². The Labute approximate surface area is 118 Å². The molecule has 2 rings (SSSR count). The lowest BCUT2D eigenvalue weighted by molar-refractivity contribution is 0.416. The number of hydrogen-bond acceptors (Lipinski definition) is 2. The van der Waals surface area contributed by atoms with Gasteiger partial charge in [-0.1, -0.05) is 32.0 Å². The van der Waals surface area contributed by atoms with Crippen molar-refractivity contribution >= 4 is 5.69 Å². The van der Waals surface area contributed by atoms with Crippen LogP contribution in [0.5, 0.6) is 0 Å². The molecule has 0 aromatic heterocycles. The van der Waals surface area contributed by atoms with E-state index in [0.29, 0.717) is 0 Å². The molecule has 2 nitrogen and oxygen atoms in total. The van der Waals surface area contributed by atoms with Crippen LogP contribution in [0.4, 0.5) is 5.69 Å². The third-order valence-electron chi connectivity index (χ3n) is 4.08. The second-order valence-electron chi connectivity index (χ2n) is 6.22. The van der Waals surface area contributed by atoms with Gasteiger partial charge in [-0.05, 0) is 50.8 Å². The van der Waals surface area contributed by atoms with Crippen LogP contribution in [0.3, 0.4) is 0 Å². The van der Waals surface area contributed by atoms with Crippen LogP contribution >= 0.6 is 0 Å². The van der Waals surface area contributed by atoms with E-state index in [0.717, 1.165) is 25.9 Å². The fourth-order valence-corrected chi connectivity index (χ4v) is 3.12. The van der Waals surface area contributed by atoms with Gasteiger partial charge in [0.25, 0.3) is 0 Å². The van der Waals surface area contributed by atoms with Crippen molar-refractivity contribution in [2.45, 2.75) is 52.5 Å². The van der Waals surface area contributed by atoms with Crippen LogP contribution < -0.4 is 10.2 Å². The van der Waals surface area contributed by atoms with Gasteiger partial charge in [0.1, 0.15) is 0 Å². The van der Waals surface area contributed by atoms with Gasteiger partial charge in [-0.3, -0.25) is 0 Å². The van der Waals surface area contributed by atoms with Crippen molar-refractivity contribution in [3.05, 3.63) is 29.3 Å². The zero-order chi connectivity index (χ0) is 13.9. The fraction of sp³-hybridized carbons (Fsp3) is 0.647. The summed E-state index contributed by atoms with van der Waals surface area (Å²) >= 11 is 0. The normalized spacial score (nSPS) is 19.3. The molecule has 1 saturated heterocycles. The molecule has 0 bridgehead atoms. The lowest BCUT2D eigenvalue weighted by Gasteiger charge is -2.34. The van der Waals surface area contributed by atoms with Crippen LogP contribution in [-0.4, -0.2) is 25.2 Å². The summed E-state index contributed by atoms with van der Waals surface area (Å²) in [4.78, 5) is 2.61. The molecule has 0 saturated carbocycles. The Morgan fingerprint density at radius 2 is 1.79 bits per heavy atom. The molecule has 1 heterocycles. The van der Waals surface area contributed by atoms with Crippen molar-refractivity contribution in [3.8, 4) is 0 Å². The maximum Gasteiger partial charge on any atom is 0.0431 e. The molecule has 1 aromatic rings. The molecule has 0 spiro atoms. The molecule has 1 aromatic carbocycles. The molecule has 19 heavy (non-hydrogen) atoms. The average Bonchev–Trinajstić information content (AvgIpc) is 2.58. The van der Waals surface area contributed by atoms with E-state index in [9.17, 15) is 0 Å². The summed E-state index contributed by atoms with van der Waals surface area (Å²) in [5.41, 5.74) is 4.70. The molecule has 106 valence electrons. The number of anilines is 1. The molecular formula is C17H28N2. The quantitative estimate of drug-likeness (QED) is 0.896. The van der Waals surface area contributed by atoms with Crippen LogP contribution in [0.25, 0.3) is 0 Å². The van der Waals surface area contributed by atoms with Gasteiger partial charge in [0.2, 0.25) is 0 Å². The molecule has 0 radical (unpaired) electrons. The molecule has 0 aliphatic carbocycles. The number of benzene rings is 1. The smallest absolute Gasteiger partial charge is 0.0431 e. The lowest BCUT2D eigenvalue weighted by Crippen LogP contribution is -2.46. The van der Waals surface area contributed by atoms with Crippen molar-refractivity contribution < 1.29 is 0 Å². The van der Waals surface area contributed by atoms with Crippen LogP contribution in [0, 0.1) is 0 Å². The van der Waals surface area contributed by atoms with Crippen molar-refractivity contribution in [2.75, 3.05) is 24.5 Å². The molecule has 0 unspecified atom stereocenters. The first kappa shape index (κ1) is 14.4. The van der Waals surface area contributed by atoms with E-state index < -0.39 is 0 Å². The Morgan fingerprint density at radius 1 is 1.16 bits per heavy atom. The largest absolute Gasteiger partial charge is 0.369 e. The zero-order valence-electron chi connectivity index (χ0n) is 12.9. The Balaban J connectivity index is 2.38. The van der Waals surface area contributed by atoms with Crippen molar-refractivity contribution in [2.24, 2.45) is 0 Å². The molecule has 0 atom stereocenters. The van der Waals surface area contributed by atoms with Gasteiger partial charge in [0.15, 0.2) is 0 Å². The molecule has 1 fully saturated rings. The van der Waals surface area contributed by atoms with E-state index in [1.54, 1.807) is 0 Å². The first-order chi connectivity index (χ1) is 9.07. The highest BCUT2D eigenvalue weighted by atomic mass is 15.2. The fourth-order valence-electron chi connectivity index (χ4n) is 3.12. The number of aryl methyl sites for hydroxylation is 2. The summed E-state index contributed by atoms with van der Waals surface area (Å²) in [6.45, 7) is 12.5. The maximum atomic E-state index is 3.65. The van der Waals surface area contributed by atoms with E-state index in [1.165, 1.54) is 29.8 Å². The van der Waals surface area contributed by atoms with E-state index in [1.807, 2.05) is 0 Å². The van der Waals surface area contributed by atoms with E-state index >= 15 is 0 Å². The van der Waals surface area contributed by atoms with Gasteiger partial charge < -0.3 is 10.2 Å². The topological polar surface area (TPSA) is 15.3 Å². The van der Waals surface area contributed by atoms with Crippen molar-refractivity contribution in [3.63, 3.8) is 0 Å². The number of rotatable bonds is 3. The molecule has 0 amide bonds. The predicted molar refractivity (Wildman–Crippen MR) is 84.1 cm³/mol. The van der Waals surface area contributed by atoms with Crippen molar-refractivity contribution in [1.29, 1.82) is 0 Å². The summed E-state index contributed by atoms with van der Waals surface area (Å²) in [6, 6.07) is 6.79. The monoisotopic (exact) mass is 260 g/mol. The Hall–Kier alpha value is -1.02. The number of nitrogens with zero attached hydrogens (tertiary/aromatic N) is 1. The van der Waals surface area contributed by atoms with Crippen LogP contribution in [-0.2, 0) is 12.8 Å². The Kier molecular flexibility index (Phi) is 4.51. The van der Waals surface area contributed by atoms with Gasteiger partial charge in [-0.15, -0.1) is 0 Å². The Bertz CT molecular complexity index is 401. The second kappa shape index (κ2) is 5.96. The molecular weight excluding hydrogens is 232 g/mol. The number of para-hydroxylation sites is 1. The first-order valence-electron chi connectivity index (χ1n) is 7.68. The molecule has 1 N–H and O–H groups in total. The van der Waals surface area contributed by atoms with Gasteiger partial charge >= 0.3 is 0 Å². The van der Waals surface area contributed by atoms with Crippen LogP contribution in [0.2, 0.25) is 0 Å². The lowest BCUT2D eigenvalue weighted by atomic mass is 9.99. The zero-order valence-corrected chi connectivity index (χ0v) is 12.9. The van der Waals surface area contributed by atoms with E-state index in [2.05, 4.69) is 56.1 Å². The predicted octanol–water partition coefficient (Wildman–Crippen LogP) is 3.39. The molecule has 1 aliphatic rings. The highest BCUT2D eigenvalue weighted by molar-refractivity contribution is 5.60. The van der Waals surface area contributed by atoms with Gasteiger partial charge in [0.05, 0.1) is 0 Å². The van der Waals surface area contributed by atoms with Gasteiger partial charge in [-0.25, -0.2) is 0 Å². The van der Waals surface area contributed by atoms with Gasteiger partial charge in [0, 0.05) is 24.3 Å². The third-order valence-corrected chi connectivity index (χ3v) is 4.08. The van der Waals surface area contributed by atoms with E-state index in [4.69, 9.17) is 0 Å². The third kappa shape index (κ3) is 3.30.